The van der Waals surface area contributed by atoms with Crippen molar-refractivity contribution in [2.24, 2.45) is 0 Å². The first-order valence-electron chi connectivity index (χ1n) is 3.81. The van der Waals surface area contributed by atoms with Crippen molar-refractivity contribution < 1.29 is 4.79 Å². The van der Waals surface area contributed by atoms with Crippen LogP contribution in [-0.2, 0) is 11.2 Å². The zero-order valence-electron chi connectivity index (χ0n) is 6.46. The second-order valence-corrected chi connectivity index (χ2v) is 3.26. The summed E-state index contributed by atoms with van der Waals surface area (Å²) in [5, 5.41) is 0.737. The molecule has 0 saturated heterocycles. The van der Waals surface area contributed by atoms with E-state index in [9.17, 15) is 4.79 Å². The number of anilines is 1. The van der Waals surface area contributed by atoms with Crippen LogP contribution in [-0.4, -0.2) is 13.0 Å². The molecule has 1 heterocycles. The largest absolute Gasteiger partial charge is 0.314 e. The van der Waals surface area contributed by atoms with Gasteiger partial charge in [-0.05, 0) is 30.2 Å². The Bertz CT molecular complexity index is 324. The normalized spacial score (nSPS) is 14.6. The van der Waals surface area contributed by atoms with Crippen molar-refractivity contribution in [2.45, 2.75) is 6.42 Å². The van der Waals surface area contributed by atoms with Gasteiger partial charge in [0.2, 0.25) is 6.41 Å². The molecule has 0 N–H and O–H groups in total. The van der Waals surface area contributed by atoms with E-state index in [-0.39, 0.29) is 0 Å². The molecule has 0 radical (unpaired) electrons. The molecule has 0 aromatic heterocycles. The first-order valence-corrected chi connectivity index (χ1v) is 4.19. The van der Waals surface area contributed by atoms with Gasteiger partial charge < -0.3 is 4.90 Å². The van der Waals surface area contributed by atoms with Crippen LogP contribution >= 0.6 is 11.6 Å². The van der Waals surface area contributed by atoms with Crippen molar-refractivity contribution in [1.82, 2.24) is 0 Å². The standard InChI is InChI=1S/C9H8ClNO/c10-8-1-2-9-7(5-8)3-4-11(9)6-12/h1-2,5-6H,3-4H2. The number of fused-ring (bicyclic) bond motifs is 1. The summed E-state index contributed by atoms with van der Waals surface area (Å²) in [4.78, 5) is 12.2. The monoisotopic (exact) mass is 181 g/mol. The van der Waals surface area contributed by atoms with Gasteiger partial charge in [-0.1, -0.05) is 11.6 Å². The molecule has 1 aromatic carbocycles. The summed E-state index contributed by atoms with van der Waals surface area (Å²) in [6.07, 6.45) is 1.77. The Morgan fingerprint density at radius 2 is 2.33 bits per heavy atom. The highest BCUT2D eigenvalue weighted by atomic mass is 35.5. The predicted octanol–water partition coefficient (Wildman–Crippen LogP) is 1.86. The molecular weight excluding hydrogens is 174 g/mol. The number of amides is 1. The van der Waals surface area contributed by atoms with E-state index in [0.29, 0.717) is 0 Å². The molecule has 1 aromatic rings. The maximum atomic E-state index is 10.5. The topological polar surface area (TPSA) is 20.3 Å². The van der Waals surface area contributed by atoms with Crippen molar-refractivity contribution in [3.63, 3.8) is 0 Å². The molecule has 1 aliphatic rings. The van der Waals surface area contributed by atoms with E-state index in [2.05, 4.69) is 0 Å². The zero-order valence-corrected chi connectivity index (χ0v) is 7.21. The van der Waals surface area contributed by atoms with Gasteiger partial charge in [-0.2, -0.15) is 0 Å². The number of benzene rings is 1. The lowest BCUT2D eigenvalue weighted by Gasteiger charge is -2.08. The fourth-order valence-corrected chi connectivity index (χ4v) is 1.70. The average Bonchev–Trinajstić information content (AvgIpc) is 2.46. The maximum absolute atomic E-state index is 10.5. The van der Waals surface area contributed by atoms with Crippen LogP contribution in [0.3, 0.4) is 0 Å². The Kier molecular flexibility index (Phi) is 1.77. The third-order valence-electron chi connectivity index (χ3n) is 2.10. The molecule has 12 heavy (non-hydrogen) atoms. The van der Waals surface area contributed by atoms with E-state index in [1.807, 2.05) is 18.2 Å². The fourth-order valence-electron chi connectivity index (χ4n) is 1.51. The van der Waals surface area contributed by atoms with Gasteiger partial charge in [-0.25, -0.2) is 0 Å². The summed E-state index contributed by atoms with van der Waals surface area (Å²) in [5.41, 5.74) is 2.16. The van der Waals surface area contributed by atoms with Crippen LogP contribution in [0.15, 0.2) is 18.2 Å². The first-order chi connectivity index (χ1) is 5.81. The van der Waals surface area contributed by atoms with Crippen LogP contribution < -0.4 is 4.90 Å². The van der Waals surface area contributed by atoms with E-state index in [4.69, 9.17) is 11.6 Å². The first kappa shape index (κ1) is 7.62. The van der Waals surface area contributed by atoms with E-state index in [1.165, 1.54) is 0 Å². The Balaban J connectivity index is 2.47. The Hall–Kier alpha value is -1.02. The van der Waals surface area contributed by atoms with Gasteiger partial charge in [0, 0.05) is 17.3 Å². The molecule has 2 nitrogen and oxygen atoms in total. The Labute approximate surface area is 75.7 Å². The number of carbonyl (C=O) groups is 1. The molecule has 0 bridgehead atoms. The molecule has 0 spiro atoms. The SMILES string of the molecule is O=CN1CCc2cc(Cl)ccc21. The molecular formula is C9H8ClNO. The molecule has 0 atom stereocenters. The number of halogens is 1. The van der Waals surface area contributed by atoms with Crippen LogP contribution in [0.2, 0.25) is 5.02 Å². The summed E-state index contributed by atoms with van der Waals surface area (Å²) < 4.78 is 0. The van der Waals surface area contributed by atoms with E-state index >= 15 is 0 Å². The van der Waals surface area contributed by atoms with Crippen LogP contribution in [0.25, 0.3) is 0 Å². The van der Waals surface area contributed by atoms with Crippen LogP contribution in [0.4, 0.5) is 5.69 Å². The summed E-state index contributed by atoms with van der Waals surface area (Å²) in [7, 11) is 0. The smallest absolute Gasteiger partial charge is 0.214 e. The lowest BCUT2D eigenvalue weighted by molar-refractivity contribution is -0.107. The third kappa shape index (κ3) is 1.08. The molecule has 1 aliphatic heterocycles. The van der Waals surface area contributed by atoms with Crippen molar-refractivity contribution in [3.05, 3.63) is 28.8 Å². The highest BCUT2D eigenvalue weighted by molar-refractivity contribution is 6.30. The second-order valence-electron chi connectivity index (χ2n) is 2.82. The number of nitrogens with zero attached hydrogens (tertiary/aromatic N) is 1. The van der Waals surface area contributed by atoms with Gasteiger partial charge in [-0.15, -0.1) is 0 Å². The minimum Gasteiger partial charge on any atom is -0.314 e. The van der Waals surface area contributed by atoms with Gasteiger partial charge in [0.25, 0.3) is 0 Å². The second kappa shape index (κ2) is 2.79. The van der Waals surface area contributed by atoms with Gasteiger partial charge in [-0.3, -0.25) is 4.79 Å². The summed E-state index contributed by atoms with van der Waals surface area (Å²) in [6, 6.07) is 5.61. The van der Waals surface area contributed by atoms with Crippen LogP contribution in [0.5, 0.6) is 0 Å². The predicted molar refractivity (Wildman–Crippen MR) is 48.6 cm³/mol. The number of hydrogen-bond donors (Lipinski definition) is 0. The zero-order chi connectivity index (χ0) is 8.55. The minimum absolute atomic E-state index is 0.737. The molecule has 1 amide bonds. The lowest BCUT2D eigenvalue weighted by Crippen LogP contribution is -2.16. The Morgan fingerprint density at radius 3 is 3.08 bits per heavy atom. The number of carbonyl (C=O) groups excluding carboxylic acids is 1. The highest BCUT2D eigenvalue weighted by Crippen LogP contribution is 2.28. The van der Waals surface area contributed by atoms with Gasteiger partial charge in [0.1, 0.15) is 0 Å². The van der Waals surface area contributed by atoms with Gasteiger partial charge in [0.15, 0.2) is 0 Å². The maximum Gasteiger partial charge on any atom is 0.214 e. The van der Waals surface area contributed by atoms with Crippen molar-refractivity contribution in [1.29, 1.82) is 0 Å². The number of hydrogen-bond acceptors (Lipinski definition) is 1. The molecule has 0 fully saturated rings. The highest BCUT2D eigenvalue weighted by Gasteiger charge is 2.17. The quantitative estimate of drug-likeness (QED) is 0.606. The number of rotatable bonds is 1. The molecule has 3 heteroatoms. The average molecular weight is 182 g/mol. The van der Waals surface area contributed by atoms with E-state index in [0.717, 1.165) is 35.6 Å². The third-order valence-corrected chi connectivity index (χ3v) is 2.34. The van der Waals surface area contributed by atoms with Crippen molar-refractivity contribution >= 4 is 23.7 Å². The summed E-state index contributed by atoms with van der Waals surface area (Å²) in [5.74, 6) is 0. The van der Waals surface area contributed by atoms with E-state index in [1.54, 1.807) is 4.90 Å². The van der Waals surface area contributed by atoms with Crippen LogP contribution in [0.1, 0.15) is 5.56 Å². The molecule has 62 valence electrons. The molecule has 2 rings (SSSR count). The summed E-state index contributed by atoms with van der Waals surface area (Å²) >= 11 is 5.81. The Morgan fingerprint density at radius 1 is 1.50 bits per heavy atom. The lowest BCUT2D eigenvalue weighted by atomic mass is 10.2. The van der Waals surface area contributed by atoms with Gasteiger partial charge in [0.05, 0.1) is 0 Å². The van der Waals surface area contributed by atoms with Gasteiger partial charge >= 0.3 is 0 Å². The molecule has 0 saturated carbocycles. The van der Waals surface area contributed by atoms with Crippen molar-refractivity contribution in [2.75, 3.05) is 11.4 Å². The summed E-state index contributed by atoms with van der Waals surface area (Å²) in [6.45, 7) is 0.777. The van der Waals surface area contributed by atoms with Crippen LogP contribution in [0, 0.1) is 0 Å². The fraction of sp³-hybridized carbons (Fsp3) is 0.222. The molecule has 0 unspecified atom stereocenters. The molecule has 0 aliphatic carbocycles. The van der Waals surface area contributed by atoms with E-state index < -0.39 is 0 Å². The minimum atomic E-state index is 0.737. The van der Waals surface area contributed by atoms with Crippen molar-refractivity contribution in [3.8, 4) is 0 Å².